The van der Waals surface area contributed by atoms with Gasteiger partial charge in [-0.2, -0.15) is 0 Å². The summed E-state index contributed by atoms with van der Waals surface area (Å²) in [6.07, 6.45) is 12.2. The van der Waals surface area contributed by atoms with Crippen LogP contribution in [0.1, 0.15) is 83.5 Å². The van der Waals surface area contributed by atoms with Crippen LogP contribution in [0.4, 0.5) is 4.39 Å². The van der Waals surface area contributed by atoms with Crippen molar-refractivity contribution in [2.45, 2.75) is 89.6 Å². The number of unbranched alkanes of at least 4 members (excludes halogenated alkanes) is 8. The van der Waals surface area contributed by atoms with E-state index in [4.69, 9.17) is 0 Å². The van der Waals surface area contributed by atoms with Gasteiger partial charge in [0.05, 0.1) is 19.9 Å². The second-order valence-electron chi connectivity index (χ2n) is 5.78. The number of hydrogen-bond donors (Lipinski definition) is 1. The standard InChI is InChI=1S/C17H33FO3/c1-21-17(20)14-10-5-3-2-4-8-12-16(19)13-9-6-7-11-15-18/h16,19H,2-15H2,1H3. The Morgan fingerprint density at radius 1 is 0.905 bits per heavy atom. The monoisotopic (exact) mass is 304 g/mol. The molecule has 0 bridgehead atoms. The third-order valence-electron chi connectivity index (χ3n) is 3.82. The topological polar surface area (TPSA) is 46.5 Å². The minimum atomic E-state index is -0.220. The molecule has 21 heavy (non-hydrogen) atoms. The van der Waals surface area contributed by atoms with Crippen LogP contribution in [0.5, 0.6) is 0 Å². The van der Waals surface area contributed by atoms with Crippen LogP contribution in [0.25, 0.3) is 0 Å². The Hall–Kier alpha value is -0.640. The van der Waals surface area contributed by atoms with Crippen LogP contribution in [0.15, 0.2) is 0 Å². The molecule has 0 aromatic rings. The summed E-state index contributed by atoms with van der Waals surface area (Å²) in [5.41, 5.74) is 0. The van der Waals surface area contributed by atoms with Crippen molar-refractivity contribution in [3.05, 3.63) is 0 Å². The summed E-state index contributed by atoms with van der Waals surface area (Å²) >= 11 is 0. The van der Waals surface area contributed by atoms with Crippen LogP contribution in [0.2, 0.25) is 0 Å². The fraction of sp³-hybridized carbons (Fsp3) is 0.941. The van der Waals surface area contributed by atoms with Gasteiger partial charge in [0, 0.05) is 6.42 Å². The number of ether oxygens (including phenoxy) is 1. The highest BCUT2D eigenvalue weighted by Gasteiger charge is 2.04. The number of halogens is 1. The molecule has 0 aliphatic carbocycles. The van der Waals surface area contributed by atoms with E-state index in [1.807, 2.05) is 0 Å². The molecule has 0 aliphatic heterocycles. The minimum Gasteiger partial charge on any atom is -0.469 e. The van der Waals surface area contributed by atoms with E-state index in [2.05, 4.69) is 4.74 Å². The zero-order chi connectivity index (χ0) is 15.8. The third-order valence-corrected chi connectivity index (χ3v) is 3.82. The first-order valence-corrected chi connectivity index (χ1v) is 8.51. The Balaban J connectivity index is 3.17. The number of carbonyl (C=O) groups is 1. The van der Waals surface area contributed by atoms with Crippen molar-refractivity contribution < 1.29 is 19.0 Å². The summed E-state index contributed by atoms with van der Waals surface area (Å²) in [5, 5.41) is 9.81. The summed E-state index contributed by atoms with van der Waals surface area (Å²) in [4.78, 5) is 10.9. The Kier molecular flexibility index (Phi) is 15.3. The van der Waals surface area contributed by atoms with Crippen molar-refractivity contribution in [2.24, 2.45) is 0 Å². The van der Waals surface area contributed by atoms with E-state index in [-0.39, 0.29) is 18.7 Å². The predicted octanol–water partition coefficient (Wildman–Crippen LogP) is 4.56. The average Bonchev–Trinajstić information content (AvgIpc) is 2.49. The average molecular weight is 304 g/mol. The molecule has 0 rings (SSSR count). The summed E-state index contributed by atoms with van der Waals surface area (Å²) in [5.74, 6) is -0.121. The van der Waals surface area contributed by atoms with Crippen LogP contribution < -0.4 is 0 Å². The molecule has 1 atom stereocenters. The van der Waals surface area contributed by atoms with Gasteiger partial charge in [-0.1, -0.05) is 51.4 Å². The number of esters is 1. The first-order valence-electron chi connectivity index (χ1n) is 8.51. The van der Waals surface area contributed by atoms with Crippen molar-refractivity contribution in [1.82, 2.24) is 0 Å². The summed E-state index contributed by atoms with van der Waals surface area (Å²) in [6.45, 7) is -0.220. The fourth-order valence-electron chi connectivity index (χ4n) is 2.43. The van der Waals surface area contributed by atoms with Crippen molar-refractivity contribution in [3.63, 3.8) is 0 Å². The predicted molar refractivity (Wildman–Crippen MR) is 84.0 cm³/mol. The SMILES string of the molecule is COC(=O)CCCCCCCCC(O)CCCCCCF. The molecular formula is C17H33FO3. The number of alkyl halides is 1. The Morgan fingerprint density at radius 3 is 1.90 bits per heavy atom. The molecule has 0 saturated heterocycles. The maximum absolute atomic E-state index is 11.9. The molecule has 1 unspecified atom stereocenters. The molecule has 4 heteroatoms. The Labute approximate surface area is 129 Å². The number of methoxy groups -OCH3 is 1. The summed E-state index contributed by atoms with van der Waals surface area (Å²) < 4.78 is 16.5. The van der Waals surface area contributed by atoms with Gasteiger partial charge in [-0.05, 0) is 25.7 Å². The highest BCUT2D eigenvalue weighted by molar-refractivity contribution is 5.68. The van der Waals surface area contributed by atoms with Gasteiger partial charge in [0.15, 0.2) is 0 Å². The highest BCUT2D eigenvalue weighted by Crippen LogP contribution is 2.13. The Bertz CT molecular complexity index is 234. The second kappa shape index (κ2) is 15.7. The first-order chi connectivity index (χ1) is 10.2. The molecule has 126 valence electrons. The molecule has 0 saturated carbocycles. The van der Waals surface area contributed by atoms with E-state index in [9.17, 15) is 14.3 Å². The summed E-state index contributed by atoms with van der Waals surface area (Å²) in [7, 11) is 1.43. The van der Waals surface area contributed by atoms with Crippen LogP contribution in [0.3, 0.4) is 0 Å². The summed E-state index contributed by atoms with van der Waals surface area (Å²) in [6, 6.07) is 0. The number of hydrogen-bond acceptors (Lipinski definition) is 3. The molecule has 0 amide bonds. The number of aliphatic hydroxyl groups is 1. The van der Waals surface area contributed by atoms with Gasteiger partial charge in [0.25, 0.3) is 0 Å². The normalized spacial score (nSPS) is 12.3. The van der Waals surface area contributed by atoms with E-state index < -0.39 is 0 Å². The van der Waals surface area contributed by atoms with Gasteiger partial charge in [0.2, 0.25) is 0 Å². The van der Waals surface area contributed by atoms with Crippen LogP contribution in [0, 0.1) is 0 Å². The van der Waals surface area contributed by atoms with Gasteiger partial charge in [-0.15, -0.1) is 0 Å². The molecule has 0 aromatic heterocycles. The fourth-order valence-corrected chi connectivity index (χ4v) is 2.43. The van der Waals surface area contributed by atoms with Crippen LogP contribution in [-0.2, 0) is 9.53 Å². The number of aliphatic hydroxyl groups excluding tert-OH is 1. The molecule has 0 spiro atoms. The lowest BCUT2D eigenvalue weighted by Crippen LogP contribution is -2.06. The third kappa shape index (κ3) is 15.6. The number of carbonyl (C=O) groups excluding carboxylic acids is 1. The molecule has 0 heterocycles. The van der Waals surface area contributed by atoms with Crippen molar-refractivity contribution in [1.29, 1.82) is 0 Å². The van der Waals surface area contributed by atoms with E-state index in [1.54, 1.807) is 0 Å². The molecule has 0 aliphatic rings. The van der Waals surface area contributed by atoms with Gasteiger partial charge < -0.3 is 9.84 Å². The maximum Gasteiger partial charge on any atom is 0.305 e. The van der Waals surface area contributed by atoms with Crippen molar-refractivity contribution >= 4 is 5.97 Å². The molecule has 3 nitrogen and oxygen atoms in total. The first kappa shape index (κ1) is 20.4. The lowest BCUT2D eigenvalue weighted by atomic mass is 10.0. The zero-order valence-corrected chi connectivity index (χ0v) is 13.6. The largest absolute Gasteiger partial charge is 0.469 e. The maximum atomic E-state index is 11.9. The molecule has 0 radical (unpaired) electrons. The highest BCUT2D eigenvalue weighted by atomic mass is 19.1. The minimum absolute atomic E-state index is 0.121. The molecule has 0 aromatic carbocycles. The van der Waals surface area contributed by atoms with Gasteiger partial charge in [-0.3, -0.25) is 9.18 Å². The van der Waals surface area contributed by atoms with Crippen molar-refractivity contribution in [2.75, 3.05) is 13.8 Å². The molecular weight excluding hydrogens is 271 g/mol. The van der Waals surface area contributed by atoms with E-state index in [1.165, 1.54) is 13.5 Å². The second-order valence-corrected chi connectivity index (χ2v) is 5.78. The van der Waals surface area contributed by atoms with E-state index in [0.717, 1.165) is 64.2 Å². The van der Waals surface area contributed by atoms with Gasteiger partial charge in [0.1, 0.15) is 0 Å². The van der Waals surface area contributed by atoms with Crippen LogP contribution >= 0.6 is 0 Å². The van der Waals surface area contributed by atoms with Gasteiger partial charge in [-0.25, -0.2) is 0 Å². The van der Waals surface area contributed by atoms with Crippen LogP contribution in [-0.4, -0.2) is 31.0 Å². The smallest absolute Gasteiger partial charge is 0.305 e. The Morgan fingerprint density at radius 2 is 1.38 bits per heavy atom. The lowest BCUT2D eigenvalue weighted by molar-refractivity contribution is -0.140. The van der Waals surface area contributed by atoms with Gasteiger partial charge >= 0.3 is 5.97 Å². The lowest BCUT2D eigenvalue weighted by Gasteiger charge is -2.10. The quantitative estimate of drug-likeness (QED) is 0.356. The number of rotatable bonds is 15. The van der Waals surface area contributed by atoms with Crippen molar-refractivity contribution in [3.8, 4) is 0 Å². The molecule has 0 fully saturated rings. The zero-order valence-electron chi connectivity index (χ0n) is 13.6. The van der Waals surface area contributed by atoms with E-state index >= 15 is 0 Å². The molecule has 1 N–H and O–H groups in total. The van der Waals surface area contributed by atoms with E-state index in [0.29, 0.717) is 12.8 Å².